The van der Waals surface area contributed by atoms with Crippen molar-refractivity contribution in [1.29, 1.82) is 0 Å². The number of nitrogens with zero attached hydrogens (tertiary/aromatic N) is 1. The van der Waals surface area contributed by atoms with Crippen molar-refractivity contribution in [3.63, 3.8) is 0 Å². The molecule has 18 heavy (non-hydrogen) atoms. The molecule has 1 fully saturated rings. The molecule has 6 heteroatoms. The summed E-state index contributed by atoms with van der Waals surface area (Å²) in [6.45, 7) is 5.99. The van der Waals surface area contributed by atoms with Gasteiger partial charge in [0.05, 0.1) is 0 Å². The lowest BCUT2D eigenvalue weighted by Crippen LogP contribution is -2.42. The van der Waals surface area contributed by atoms with E-state index >= 15 is 0 Å². The van der Waals surface area contributed by atoms with Crippen molar-refractivity contribution in [1.82, 2.24) is 15.5 Å². The van der Waals surface area contributed by atoms with Crippen LogP contribution in [0.15, 0.2) is 0 Å². The van der Waals surface area contributed by atoms with Crippen LogP contribution in [0.25, 0.3) is 0 Å². The van der Waals surface area contributed by atoms with Crippen LogP contribution in [-0.2, 0) is 4.79 Å². The van der Waals surface area contributed by atoms with Crippen LogP contribution in [0.4, 0.5) is 4.79 Å². The minimum atomic E-state index is -0.432. The number of imide groups is 1. The van der Waals surface area contributed by atoms with Crippen molar-refractivity contribution in [2.75, 3.05) is 32.1 Å². The predicted molar refractivity (Wildman–Crippen MR) is 71.7 cm³/mol. The van der Waals surface area contributed by atoms with Crippen LogP contribution >= 0.6 is 11.6 Å². The van der Waals surface area contributed by atoms with E-state index in [2.05, 4.69) is 22.5 Å². The highest BCUT2D eigenvalue weighted by Gasteiger charge is 2.15. The quantitative estimate of drug-likeness (QED) is 0.716. The van der Waals surface area contributed by atoms with E-state index in [1.807, 2.05) is 0 Å². The van der Waals surface area contributed by atoms with Crippen molar-refractivity contribution < 1.29 is 9.59 Å². The third-order valence-corrected chi connectivity index (χ3v) is 3.14. The monoisotopic (exact) mass is 275 g/mol. The normalized spacial score (nSPS) is 17.4. The summed E-state index contributed by atoms with van der Waals surface area (Å²) in [4.78, 5) is 24.9. The molecule has 1 unspecified atom stereocenters. The van der Waals surface area contributed by atoms with Gasteiger partial charge >= 0.3 is 6.03 Å². The average Bonchev–Trinajstić information content (AvgIpc) is 2.79. The standard InChI is InChI=1S/C12H22ClN3O2/c1-10(9-16-6-2-3-7-16)8-14-12(18)15-11(17)4-5-13/h10H,2-9H2,1H3,(H2,14,15,17,18). The van der Waals surface area contributed by atoms with Gasteiger partial charge in [0.15, 0.2) is 0 Å². The summed E-state index contributed by atoms with van der Waals surface area (Å²) in [7, 11) is 0. The molecule has 0 saturated carbocycles. The van der Waals surface area contributed by atoms with Gasteiger partial charge in [-0.1, -0.05) is 6.92 Å². The molecule has 0 aromatic carbocycles. The van der Waals surface area contributed by atoms with E-state index < -0.39 is 6.03 Å². The number of amides is 3. The van der Waals surface area contributed by atoms with Crippen molar-refractivity contribution in [2.24, 2.45) is 5.92 Å². The van der Waals surface area contributed by atoms with Crippen molar-refractivity contribution in [2.45, 2.75) is 26.2 Å². The molecule has 2 N–H and O–H groups in total. The maximum atomic E-state index is 11.4. The molecule has 104 valence electrons. The number of halogens is 1. The minimum absolute atomic E-state index is 0.165. The number of carbonyl (C=O) groups is 2. The first kappa shape index (κ1) is 15.2. The highest BCUT2D eigenvalue weighted by Crippen LogP contribution is 2.09. The number of carbonyl (C=O) groups excluding carboxylic acids is 2. The van der Waals surface area contributed by atoms with Crippen molar-refractivity contribution in [3.05, 3.63) is 0 Å². The van der Waals surface area contributed by atoms with Crippen LogP contribution in [0, 0.1) is 5.92 Å². The molecule has 0 aliphatic carbocycles. The van der Waals surface area contributed by atoms with E-state index in [0.29, 0.717) is 12.5 Å². The van der Waals surface area contributed by atoms with E-state index in [1.165, 1.54) is 12.8 Å². The summed E-state index contributed by atoms with van der Waals surface area (Å²) in [5.41, 5.74) is 0. The Morgan fingerprint density at radius 1 is 1.33 bits per heavy atom. The number of hydrogen-bond acceptors (Lipinski definition) is 3. The smallest absolute Gasteiger partial charge is 0.321 e. The fourth-order valence-electron chi connectivity index (χ4n) is 2.06. The van der Waals surface area contributed by atoms with E-state index in [0.717, 1.165) is 19.6 Å². The molecular formula is C12H22ClN3O2. The number of urea groups is 1. The van der Waals surface area contributed by atoms with Crippen molar-refractivity contribution >= 4 is 23.5 Å². The van der Waals surface area contributed by atoms with E-state index in [9.17, 15) is 9.59 Å². The second-order valence-electron chi connectivity index (χ2n) is 4.81. The van der Waals surface area contributed by atoms with Gasteiger partial charge in [0, 0.05) is 25.4 Å². The van der Waals surface area contributed by atoms with E-state index in [4.69, 9.17) is 11.6 Å². The lowest BCUT2D eigenvalue weighted by atomic mass is 10.1. The number of hydrogen-bond donors (Lipinski definition) is 2. The number of nitrogens with one attached hydrogen (secondary N) is 2. The Balaban J connectivity index is 2.11. The lowest BCUT2D eigenvalue weighted by Gasteiger charge is -2.20. The molecule has 1 rings (SSSR count). The van der Waals surface area contributed by atoms with Crippen LogP contribution in [0.3, 0.4) is 0 Å². The van der Waals surface area contributed by atoms with Gasteiger partial charge in [0.2, 0.25) is 5.91 Å². The van der Waals surface area contributed by atoms with Crippen LogP contribution in [0.2, 0.25) is 0 Å². The summed E-state index contributed by atoms with van der Waals surface area (Å²) in [5, 5.41) is 4.95. The molecule has 3 amide bonds. The minimum Gasteiger partial charge on any atom is -0.337 e. The fourth-order valence-corrected chi connectivity index (χ4v) is 2.23. The maximum Gasteiger partial charge on any atom is 0.321 e. The Bertz CT molecular complexity index is 280. The molecule has 5 nitrogen and oxygen atoms in total. The predicted octanol–water partition coefficient (Wildman–Crippen LogP) is 1.17. The van der Waals surface area contributed by atoms with Gasteiger partial charge in [0.25, 0.3) is 0 Å². The second kappa shape index (κ2) is 8.32. The summed E-state index contributed by atoms with van der Waals surface area (Å²) in [5.74, 6) is 0.275. The highest BCUT2D eigenvalue weighted by atomic mass is 35.5. The molecule has 0 aromatic rings. The first-order chi connectivity index (χ1) is 8.61. The van der Waals surface area contributed by atoms with Gasteiger partial charge < -0.3 is 10.2 Å². The van der Waals surface area contributed by atoms with Crippen molar-refractivity contribution in [3.8, 4) is 0 Å². The molecule has 0 radical (unpaired) electrons. The zero-order valence-electron chi connectivity index (χ0n) is 10.9. The van der Waals surface area contributed by atoms with Crippen LogP contribution in [-0.4, -0.2) is 48.9 Å². The van der Waals surface area contributed by atoms with Gasteiger partial charge in [-0.25, -0.2) is 4.79 Å². The summed E-state index contributed by atoms with van der Waals surface area (Å²) >= 11 is 5.40. The van der Waals surface area contributed by atoms with Crippen LogP contribution < -0.4 is 10.6 Å². The topological polar surface area (TPSA) is 61.4 Å². The van der Waals surface area contributed by atoms with Gasteiger partial charge in [-0.15, -0.1) is 11.6 Å². The molecule has 1 saturated heterocycles. The van der Waals surface area contributed by atoms with Crippen LogP contribution in [0.5, 0.6) is 0 Å². The van der Waals surface area contributed by atoms with Gasteiger partial charge in [-0.2, -0.15) is 0 Å². The third-order valence-electron chi connectivity index (χ3n) is 2.95. The summed E-state index contributed by atoms with van der Waals surface area (Å²) < 4.78 is 0. The second-order valence-corrected chi connectivity index (χ2v) is 5.19. The van der Waals surface area contributed by atoms with E-state index in [-0.39, 0.29) is 18.2 Å². The average molecular weight is 276 g/mol. The molecule has 1 aliphatic rings. The Kier molecular flexibility index (Phi) is 7.05. The highest BCUT2D eigenvalue weighted by molar-refractivity contribution is 6.19. The first-order valence-corrected chi connectivity index (χ1v) is 7.01. The zero-order valence-corrected chi connectivity index (χ0v) is 11.6. The molecule has 0 bridgehead atoms. The molecule has 1 atom stereocenters. The Morgan fingerprint density at radius 3 is 2.61 bits per heavy atom. The van der Waals surface area contributed by atoms with Gasteiger partial charge in [-0.3, -0.25) is 10.1 Å². The number of alkyl halides is 1. The zero-order chi connectivity index (χ0) is 13.4. The molecule has 1 aliphatic heterocycles. The number of likely N-dealkylation sites (tertiary alicyclic amines) is 1. The summed E-state index contributed by atoms with van der Waals surface area (Å²) in [6, 6.07) is -0.432. The largest absolute Gasteiger partial charge is 0.337 e. The fraction of sp³-hybridized carbons (Fsp3) is 0.833. The third kappa shape index (κ3) is 6.21. The molecule has 0 aromatic heterocycles. The number of rotatable bonds is 6. The Morgan fingerprint density at radius 2 is 2.00 bits per heavy atom. The molecular weight excluding hydrogens is 254 g/mol. The first-order valence-electron chi connectivity index (χ1n) is 6.48. The maximum absolute atomic E-state index is 11.4. The molecule has 1 heterocycles. The van der Waals surface area contributed by atoms with Gasteiger partial charge in [0.1, 0.15) is 0 Å². The molecule has 0 spiro atoms. The summed E-state index contributed by atoms with van der Waals surface area (Å²) in [6.07, 6.45) is 2.71. The Hall–Kier alpha value is -0.810. The van der Waals surface area contributed by atoms with Crippen LogP contribution in [0.1, 0.15) is 26.2 Å². The van der Waals surface area contributed by atoms with E-state index in [1.54, 1.807) is 0 Å². The Labute approximate surface area is 113 Å². The lowest BCUT2D eigenvalue weighted by molar-refractivity contribution is -0.119. The SMILES string of the molecule is CC(CNC(=O)NC(=O)CCCl)CN1CCCC1. The van der Waals surface area contributed by atoms with Gasteiger partial charge in [-0.05, 0) is 31.8 Å².